The third-order valence-electron chi connectivity index (χ3n) is 2.67. The zero-order chi connectivity index (χ0) is 14.1. The van der Waals surface area contributed by atoms with Crippen molar-refractivity contribution in [3.8, 4) is 17.2 Å². The molecule has 1 aromatic carbocycles. The summed E-state index contributed by atoms with van der Waals surface area (Å²) in [7, 11) is 4.89. The number of ether oxygens (including phenoxy) is 4. The van der Waals surface area contributed by atoms with Crippen molar-refractivity contribution >= 4 is 0 Å². The van der Waals surface area contributed by atoms with Crippen LogP contribution in [0.5, 0.6) is 17.2 Å². The monoisotopic (exact) mass is 269 g/mol. The summed E-state index contributed by atoms with van der Waals surface area (Å²) in [4.78, 5) is 0. The summed E-state index contributed by atoms with van der Waals surface area (Å²) in [5.74, 6) is 1.94. The molecule has 1 rings (SSSR count). The smallest absolute Gasteiger partial charge is 0.203 e. The van der Waals surface area contributed by atoms with Crippen molar-refractivity contribution in [2.24, 2.45) is 0 Å². The predicted molar refractivity (Wildman–Crippen MR) is 74.4 cm³/mol. The number of methoxy groups -OCH3 is 3. The van der Waals surface area contributed by atoms with E-state index in [0.717, 1.165) is 6.54 Å². The minimum absolute atomic E-state index is 0.129. The summed E-state index contributed by atoms with van der Waals surface area (Å²) in [5, 5.41) is 3.30. The van der Waals surface area contributed by atoms with E-state index in [0.29, 0.717) is 30.5 Å². The van der Waals surface area contributed by atoms with Crippen LogP contribution in [-0.2, 0) is 4.74 Å². The second-order valence-electron chi connectivity index (χ2n) is 4.01. The summed E-state index contributed by atoms with van der Waals surface area (Å²) in [6, 6.07) is 5.68. The van der Waals surface area contributed by atoms with Gasteiger partial charge in [-0.15, -0.1) is 0 Å². The lowest BCUT2D eigenvalue weighted by atomic mass is 10.3. The lowest BCUT2D eigenvalue weighted by Gasteiger charge is -2.19. The highest BCUT2D eigenvalue weighted by molar-refractivity contribution is 5.51. The van der Waals surface area contributed by atoms with Gasteiger partial charge in [-0.05, 0) is 18.7 Å². The van der Waals surface area contributed by atoms with Crippen LogP contribution in [0, 0.1) is 0 Å². The van der Waals surface area contributed by atoms with E-state index >= 15 is 0 Å². The summed E-state index contributed by atoms with van der Waals surface area (Å²) >= 11 is 0. The van der Waals surface area contributed by atoms with Gasteiger partial charge in [0.15, 0.2) is 11.5 Å². The van der Waals surface area contributed by atoms with Crippen LogP contribution in [0.25, 0.3) is 0 Å². The van der Waals surface area contributed by atoms with Crippen molar-refractivity contribution in [1.29, 1.82) is 0 Å². The molecule has 1 N–H and O–H groups in total. The normalized spacial score (nSPS) is 12.0. The summed E-state index contributed by atoms with van der Waals surface area (Å²) in [6.07, 6.45) is 0. The first-order chi connectivity index (χ1) is 9.26. The second-order valence-corrected chi connectivity index (χ2v) is 4.01. The Balaban J connectivity index is 2.74. The first-order valence-electron chi connectivity index (χ1n) is 6.32. The molecule has 5 nitrogen and oxygen atoms in total. The van der Waals surface area contributed by atoms with Crippen LogP contribution in [0.4, 0.5) is 0 Å². The highest BCUT2D eigenvalue weighted by Gasteiger charge is 2.14. The summed E-state index contributed by atoms with van der Waals surface area (Å²) in [5.41, 5.74) is 0. The molecule has 1 atom stereocenters. The molecule has 0 amide bonds. The van der Waals surface area contributed by atoms with Gasteiger partial charge in [-0.3, -0.25) is 0 Å². The standard InChI is InChI=1S/C14H23NO4/c1-5-15-11(9-16-2)10-19-14-12(17-3)7-6-8-13(14)18-4/h6-8,11,15H,5,9-10H2,1-4H3. The molecule has 0 heterocycles. The Hall–Kier alpha value is -1.46. The third-order valence-corrected chi connectivity index (χ3v) is 2.67. The Morgan fingerprint density at radius 1 is 1.05 bits per heavy atom. The van der Waals surface area contributed by atoms with E-state index in [4.69, 9.17) is 18.9 Å². The van der Waals surface area contributed by atoms with E-state index in [9.17, 15) is 0 Å². The van der Waals surface area contributed by atoms with Crippen molar-refractivity contribution in [2.45, 2.75) is 13.0 Å². The minimum Gasteiger partial charge on any atom is -0.493 e. The Labute approximate surface area is 114 Å². The van der Waals surface area contributed by atoms with Crippen molar-refractivity contribution in [3.63, 3.8) is 0 Å². The van der Waals surface area contributed by atoms with E-state index in [1.807, 2.05) is 25.1 Å². The highest BCUT2D eigenvalue weighted by Crippen LogP contribution is 2.36. The zero-order valence-electron chi connectivity index (χ0n) is 12.1. The fourth-order valence-corrected chi connectivity index (χ4v) is 1.80. The minimum atomic E-state index is 0.129. The van der Waals surface area contributed by atoms with E-state index in [-0.39, 0.29) is 6.04 Å². The highest BCUT2D eigenvalue weighted by atomic mass is 16.5. The molecule has 1 unspecified atom stereocenters. The van der Waals surface area contributed by atoms with Crippen molar-refractivity contribution in [2.75, 3.05) is 41.1 Å². The topological polar surface area (TPSA) is 49.0 Å². The molecule has 0 bridgehead atoms. The van der Waals surface area contributed by atoms with Crippen LogP contribution in [-0.4, -0.2) is 47.1 Å². The van der Waals surface area contributed by atoms with Gasteiger partial charge in [-0.1, -0.05) is 13.0 Å². The van der Waals surface area contributed by atoms with Crippen LogP contribution in [0.15, 0.2) is 18.2 Å². The molecule has 0 aliphatic heterocycles. The molecule has 0 fully saturated rings. The van der Waals surface area contributed by atoms with Gasteiger partial charge < -0.3 is 24.3 Å². The van der Waals surface area contributed by atoms with Crippen LogP contribution in [0.3, 0.4) is 0 Å². The maximum Gasteiger partial charge on any atom is 0.203 e. The molecular weight excluding hydrogens is 246 g/mol. The molecule has 0 radical (unpaired) electrons. The maximum atomic E-state index is 5.82. The molecule has 0 saturated heterocycles. The van der Waals surface area contributed by atoms with Crippen molar-refractivity contribution < 1.29 is 18.9 Å². The maximum absolute atomic E-state index is 5.82. The SMILES string of the molecule is CCNC(COC)COc1c(OC)cccc1OC. The van der Waals surface area contributed by atoms with Gasteiger partial charge in [0, 0.05) is 7.11 Å². The van der Waals surface area contributed by atoms with E-state index in [2.05, 4.69) is 5.32 Å². The van der Waals surface area contributed by atoms with Crippen LogP contribution < -0.4 is 19.5 Å². The average molecular weight is 269 g/mol. The van der Waals surface area contributed by atoms with Crippen molar-refractivity contribution in [1.82, 2.24) is 5.32 Å². The van der Waals surface area contributed by atoms with E-state index in [1.165, 1.54) is 0 Å². The first-order valence-corrected chi connectivity index (χ1v) is 6.32. The number of nitrogens with one attached hydrogen (secondary N) is 1. The van der Waals surface area contributed by atoms with Crippen LogP contribution in [0.2, 0.25) is 0 Å². The third kappa shape index (κ3) is 4.61. The van der Waals surface area contributed by atoms with Gasteiger partial charge in [0.25, 0.3) is 0 Å². The van der Waals surface area contributed by atoms with Crippen LogP contribution >= 0.6 is 0 Å². The fraction of sp³-hybridized carbons (Fsp3) is 0.571. The molecule has 0 saturated carbocycles. The average Bonchev–Trinajstić information content (AvgIpc) is 2.44. The van der Waals surface area contributed by atoms with Gasteiger partial charge in [0.05, 0.1) is 26.9 Å². The van der Waals surface area contributed by atoms with Crippen LogP contribution in [0.1, 0.15) is 6.92 Å². The van der Waals surface area contributed by atoms with Gasteiger partial charge in [-0.2, -0.15) is 0 Å². The second kappa shape index (κ2) is 8.61. The molecule has 0 aliphatic carbocycles. The quantitative estimate of drug-likeness (QED) is 0.739. The lowest BCUT2D eigenvalue weighted by Crippen LogP contribution is -2.38. The molecular formula is C14H23NO4. The van der Waals surface area contributed by atoms with Gasteiger partial charge in [-0.25, -0.2) is 0 Å². The van der Waals surface area contributed by atoms with Gasteiger partial charge in [0.2, 0.25) is 5.75 Å². The first kappa shape index (κ1) is 15.6. The molecule has 0 spiro atoms. The number of likely N-dealkylation sites (N-methyl/N-ethyl adjacent to an activating group) is 1. The number of hydrogen-bond acceptors (Lipinski definition) is 5. The number of benzene rings is 1. The molecule has 0 aromatic heterocycles. The number of para-hydroxylation sites is 1. The van der Waals surface area contributed by atoms with E-state index in [1.54, 1.807) is 21.3 Å². The Bertz CT molecular complexity index is 342. The van der Waals surface area contributed by atoms with Gasteiger partial charge in [0.1, 0.15) is 6.61 Å². The zero-order valence-corrected chi connectivity index (χ0v) is 12.1. The Morgan fingerprint density at radius 3 is 2.16 bits per heavy atom. The molecule has 5 heteroatoms. The number of rotatable bonds is 9. The predicted octanol–water partition coefficient (Wildman–Crippen LogP) is 1.71. The molecule has 108 valence electrons. The largest absolute Gasteiger partial charge is 0.493 e. The number of hydrogen-bond donors (Lipinski definition) is 1. The Kier molecular flexibility index (Phi) is 7.07. The van der Waals surface area contributed by atoms with Gasteiger partial charge >= 0.3 is 0 Å². The molecule has 1 aromatic rings. The van der Waals surface area contributed by atoms with Crippen molar-refractivity contribution in [3.05, 3.63) is 18.2 Å². The Morgan fingerprint density at radius 2 is 1.68 bits per heavy atom. The molecule has 0 aliphatic rings. The summed E-state index contributed by atoms with van der Waals surface area (Å²) in [6.45, 7) is 3.98. The van der Waals surface area contributed by atoms with E-state index < -0.39 is 0 Å². The fourth-order valence-electron chi connectivity index (χ4n) is 1.80. The lowest BCUT2D eigenvalue weighted by molar-refractivity contribution is 0.134. The summed E-state index contributed by atoms with van der Waals surface area (Å²) < 4.78 is 21.5. The molecule has 19 heavy (non-hydrogen) atoms.